The molecule has 2 N–H and O–H groups in total. The van der Waals surface area contributed by atoms with E-state index in [2.05, 4.69) is 20.3 Å². The normalized spacial score (nSPS) is 19.9. The summed E-state index contributed by atoms with van der Waals surface area (Å²) in [5.41, 5.74) is 0. The molecule has 0 spiro atoms. The van der Waals surface area contributed by atoms with Gasteiger partial charge in [0.15, 0.2) is 0 Å². The molecule has 1 aliphatic rings. The van der Waals surface area contributed by atoms with Crippen LogP contribution in [0, 0.1) is 0 Å². The summed E-state index contributed by atoms with van der Waals surface area (Å²) >= 11 is 5.87. The van der Waals surface area contributed by atoms with E-state index in [1.165, 1.54) is 0 Å². The summed E-state index contributed by atoms with van der Waals surface area (Å²) in [6.45, 7) is 4.29. The van der Waals surface area contributed by atoms with Crippen LogP contribution in [-0.2, 0) is 4.74 Å². The molecular weight excluding hydrogens is 258 g/mol. The van der Waals surface area contributed by atoms with Crippen molar-refractivity contribution in [1.82, 2.24) is 15.0 Å². The number of hydrogen-bond donors (Lipinski definition) is 2. The molecule has 0 aliphatic carbocycles. The van der Waals surface area contributed by atoms with E-state index in [1.54, 1.807) is 0 Å². The number of rotatable bonds is 4. The lowest BCUT2D eigenvalue weighted by molar-refractivity contribution is 0.0718. The van der Waals surface area contributed by atoms with Gasteiger partial charge in [0.05, 0.1) is 25.9 Å². The molecule has 1 saturated heterocycles. The molecule has 2 heterocycles. The fraction of sp³-hybridized carbons (Fsp3) is 0.700. The summed E-state index contributed by atoms with van der Waals surface area (Å²) < 4.78 is 5.31. The average molecular weight is 274 g/mol. The number of morpholine rings is 1. The van der Waals surface area contributed by atoms with Crippen molar-refractivity contribution in [3.8, 4) is 0 Å². The molecule has 1 aliphatic heterocycles. The van der Waals surface area contributed by atoms with Crippen LogP contribution in [0.2, 0.25) is 5.28 Å². The van der Waals surface area contributed by atoms with Crippen LogP contribution in [0.4, 0.5) is 11.9 Å². The summed E-state index contributed by atoms with van der Waals surface area (Å²) in [4.78, 5) is 14.3. The van der Waals surface area contributed by atoms with Crippen LogP contribution >= 0.6 is 11.6 Å². The van der Waals surface area contributed by atoms with Crippen molar-refractivity contribution < 1.29 is 9.84 Å². The second-order valence-corrected chi connectivity index (χ2v) is 4.20. The Morgan fingerprint density at radius 1 is 1.50 bits per heavy atom. The summed E-state index contributed by atoms with van der Waals surface area (Å²) in [6, 6.07) is -0.147. The molecule has 0 aromatic carbocycles. The summed E-state index contributed by atoms with van der Waals surface area (Å²) in [6.07, 6.45) is 0. The Balaban J connectivity index is 2.24. The van der Waals surface area contributed by atoms with Crippen molar-refractivity contribution in [2.24, 2.45) is 0 Å². The smallest absolute Gasteiger partial charge is 0.231 e. The van der Waals surface area contributed by atoms with E-state index in [4.69, 9.17) is 16.3 Å². The number of hydrogen-bond acceptors (Lipinski definition) is 7. The molecule has 8 heteroatoms. The third kappa shape index (κ3) is 2.98. The van der Waals surface area contributed by atoms with E-state index >= 15 is 0 Å². The van der Waals surface area contributed by atoms with Crippen LogP contribution in [0.15, 0.2) is 0 Å². The first-order chi connectivity index (χ1) is 8.74. The quantitative estimate of drug-likeness (QED) is 0.808. The van der Waals surface area contributed by atoms with Crippen molar-refractivity contribution in [2.45, 2.75) is 13.0 Å². The predicted molar refractivity (Wildman–Crippen MR) is 68.0 cm³/mol. The number of anilines is 2. The van der Waals surface area contributed by atoms with Crippen LogP contribution in [-0.4, -0.2) is 59.0 Å². The van der Waals surface area contributed by atoms with Gasteiger partial charge in [-0.15, -0.1) is 0 Å². The predicted octanol–water partition coefficient (Wildman–Crippen LogP) is 0.154. The van der Waals surface area contributed by atoms with E-state index in [9.17, 15) is 5.11 Å². The van der Waals surface area contributed by atoms with Crippen molar-refractivity contribution in [1.29, 1.82) is 0 Å². The van der Waals surface area contributed by atoms with Gasteiger partial charge in [-0.3, -0.25) is 0 Å². The fourth-order valence-corrected chi connectivity index (χ4v) is 1.93. The first-order valence-electron chi connectivity index (χ1n) is 5.85. The molecule has 1 fully saturated rings. The van der Waals surface area contributed by atoms with Crippen molar-refractivity contribution in [2.75, 3.05) is 43.1 Å². The molecule has 100 valence electrons. The Kier molecular flexibility index (Phi) is 4.51. The lowest BCUT2D eigenvalue weighted by atomic mass is 10.2. The van der Waals surface area contributed by atoms with Gasteiger partial charge >= 0.3 is 0 Å². The number of aliphatic hydroxyl groups is 1. The van der Waals surface area contributed by atoms with Gasteiger partial charge in [-0.25, -0.2) is 0 Å². The van der Waals surface area contributed by atoms with Gasteiger partial charge in [0.2, 0.25) is 17.2 Å². The van der Waals surface area contributed by atoms with Gasteiger partial charge in [0, 0.05) is 13.1 Å². The Hall–Kier alpha value is -1.18. The van der Waals surface area contributed by atoms with Crippen molar-refractivity contribution in [3.63, 3.8) is 0 Å². The number of nitrogens with zero attached hydrogens (tertiary/aromatic N) is 4. The van der Waals surface area contributed by atoms with Gasteiger partial charge in [0.25, 0.3) is 0 Å². The molecule has 1 aromatic heterocycles. The van der Waals surface area contributed by atoms with Gasteiger partial charge in [-0.2, -0.15) is 15.0 Å². The molecule has 0 saturated carbocycles. The zero-order valence-corrected chi connectivity index (χ0v) is 10.9. The highest BCUT2D eigenvalue weighted by Gasteiger charge is 2.25. The highest BCUT2D eigenvalue weighted by atomic mass is 35.5. The zero-order chi connectivity index (χ0) is 13.0. The molecule has 2 rings (SSSR count). The third-order valence-corrected chi connectivity index (χ3v) is 2.80. The maximum Gasteiger partial charge on any atom is 0.231 e. The summed E-state index contributed by atoms with van der Waals surface area (Å²) in [5, 5.41) is 12.5. The summed E-state index contributed by atoms with van der Waals surface area (Å²) in [7, 11) is 0. The molecule has 1 aromatic rings. The van der Waals surface area contributed by atoms with Crippen LogP contribution in [0.25, 0.3) is 0 Å². The van der Waals surface area contributed by atoms with Crippen LogP contribution in [0.3, 0.4) is 0 Å². The number of aliphatic hydroxyl groups excluding tert-OH is 1. The summed E-state index contributed by atoms with van der Waals surface area (Å²) in [5.74, 6) is 0.906. The Morgan fingerprint density at radius 3 is 3.06 bits per heavy atom. The number of ether oxygens (including phenoxy) is 1. The molecule has 1 atom stereocenters. The van der Waals surface area contributed by atoms with Crippen molar-refractivity contribution in [3.05, 3.63) is 5.28 Å². The number of nitrogens with one attached hydrogen (secondary N) is 1. The van der Waals surface area contributed by atoms with Crippen LogP contribution in [0.5, 0.6) is 0 Å². The van der Waals surface area contributed by atoms with Gasteiger partial charge in [0.1, 0.15) is 0 Å². The zero-order valence-electron chi connectivity index (χ0n) is 10.1. The maximum absolute atomic E-state index is 9.32. The lowest BCUT2D eigenvalue weighted by Crippen LogP contribution is -2.48. The van der Waals surface area contributed by atoms with E-state index in [0.717, 1.165) is 0 Å². The number of aromatic nitrogens is 3. The molecule has 0 radical (unpaired) electrons. The van der Waals surface area contributed by atoms with E-state index < -0.39 is 0 Å². The van der Waals surface area contributed by atoms with Gasteiger partial charge < -0.3 is 20.1 Å². The highest BCUT2D eigenvalue weighted by molar-refractivity contribution is 6.28. The average Bonchev–Trinajstić information content (AvgIpc) is 2.38. The molecule has 1 unspecified atom stereocenters. The fourth-order valence-electron chi connectivity index (χ4n) is 1.77. The van der Waals surface area contributed by atoms with E-state index in [-0.39, 0.29) is 17.9 Å². The van der Waals surface area contributed by atoms with Crippen molar-refractivity contribution >= 4 is 23.5 Å². The molecule has 0 bridgehead atoms. The van der Waals surface area contributed by atoms with Crippen LogP contribution < -0.4 is 10.2 Å². The monoisotopic (exact) mass is 273 g/mol. The minimum atomic E-state index is -0.147. The SMILES string of the molecule is CCNc1nc(Cl)nc(N2CCOCC2CO)n1. The molecule has 18 heavy (non-hydrogen) atoms. The highest BCUT2D eigenvalue weighted by Crippen LogP contribution is 2.18. The van der Waals surface area contributed by atoms with Crippen LogP contribution in [0.1, 0.15) is 6.92 Å². The minimum absolute atomic E-state index is 0.0140. The minimum Gasteiger partial charge on any atom is -0.394 e. The largest absolute Gasteiger partial charge is 0.394 e. The lowest BCUT2D eigenvalue weighted by Gasteiger charge is -2.34. The van der Waals surface area contributed by atoms with E-state index in [0.29, 0.717) is 38.2 Å². The molecule has 0 amide bonds. The Bertz CT molecular complexity index is 406. The Morgan fingerprint density at radius 2 is 2.33 bits per heavy atom. The number of halogens is 1. The standard InChI is InChI=1S/C10H16ClN5O2/c1-2-12-9-13-8(11)14-10(15-9)16-3-4-18-6-7(16)5-17/h7,17H,2-6H2,1H3,(H,12,13,14,15). The van der Waals surface area contributed by atoms with Gasteiger partial charge in [-0.05, 0) is 18.5 Å². The Labute approximate surface area is 110 Å². The first-order valence-corrected chi connectivity index (χ1v) is 6.23. The topological polar surface area (TPSA) is 83.4 Å². The maximum atomic E-state index is 9.32. The third-order valence-electron chi connectivity index (χ3n) is 2.63. The molecular formula is C10H16ClN5O2. The first kappa shape index (κ1) is 13.3. The van der Waals surface area contributed by atoms with Gasteiger partial charge in [-0.1, -0.05) is 0 Å². The molecule has 7 nitrogen and oxygen atoms in total. The second-order valence-electron chi connectivity index (χ2n) is 3.86. The second kappa shape index (κ2) is 6.12. The van der Waals surface area contributed by atoms with E-state index in [1.807, 2.05) is 11.8 Å².